The zero-order valence-corrected chi connectivity index (χ0v) is 12.6. The van der Waals surface area contributed by atoms with Crippen molar-refractivity contribution in [1.82, 2.24) is 20.2 Å². The van der Waals surface area contributed by atoms with Crippen LogP contribution in [0.3, 0.4) is 0 Å². The largest absolute Gasteiger partial charge is 0.353 e. The van der Waals surface area contributed by atoms with Crippen molar-refractivity contribution in [1.29, 1.82) is 0 Å². The molecule has 1 saturated heterocycles. The maximum Gasteiger partial charge on any atom is 0.270 e. The van der Waals surface area contributed by atoms with Crippen LogP contribution in [0.25, 0.3) is 0 Å². The Kier molecular flexibility index (Phi) is 4.50. The van der Waals surface area contributed by atoms with Crippen molar-refractivity contribution in [3.63, 3.8) is 0 Å². The van der Waals surface area contributed by atoms with Gasteiger partial charge in [0.25, 0.3) is 5.91 Å². The maximum absolute atomic E-state index is 12.3. The Morgan fingerprint density at radius 2 is 1.91 bits per heavy atom. The van der Waals surface area contributed by atoms with Crippen molar-refractivity contribution in [3.05, 3.63) is 18.1 Å². The molecule has 0 aromatic carbocycles. The van der Waals surface area contributed by atoms with Crippen LogP contribution in [-0.2, 0) is 4.79 Å². The van der Waals surface area contributed by atoms with Crippen LogP contribution in [-0.4, -0.2) is 59.4 Å². The third-order valence-electron chi connectivity index (χ3n) is 4.36. The summed E-state index contributed by atoms with van der Waals surface area (Å²) >= 11 is 0. The van der Waals surface area contributed by atoms with Gasteiger partial charge in [0.2, 0.25) is 6.41 Å². The zero-order chi connectivity index (χ0) is 15.4. The smallest absolute Gasteiger partial charge is 0.270 e. The molecule has 22 heavy (non-hydrogen) atoms. The van der Waals surface area contributed by atoms with E-state index in [9.17, 15) is 9.59 Å². The van der Waals surface area contributed by atoms with Crippen molar-refractivity contribution in [2.45, 2.75) is 31.7 Å². The minimum absolute atomic E-state index is 0.123. The monoisotopic (exact) mass is 303 g/mol. The van der Waals surface area contributed by atoms with Crippen molar-refractivity contribution >= 4 is 18.1 Å². The molecular formula is C15H21N5O2. The molecule has 1 aliphatic heterocycles. The summed E-state index contributed by atoms with van der Waals surface area (Å²) < 4.78 is 0. The number of carbonyl (C=O) groups is 2. The van der Waals surface area contributed by atoms with Gasteiger partial charge in [-0.2, -0.15) is 0 Å². The Bertz CT molecular complexity index is 536. The Morgan fingerprint density at radius 1 is 1.18 bits per heavy atom. The Balaban J connectivity index is 1.64. The topological polar surface area (TPSA) is 78.4 Å². The lowest BCUT2D eigenvalue weighted by Gasteiger charge is -2.33. The molecule has 0 radical (unpaired) electrons. The second-order valence-corrected chi connectivity index (χ2v) is 5.84. The second kappa shape index (κ2) is 6.72. The number of nitrogens with zero attached hydrogens (tertiary/aromatic N) is 4. The van der Waals surface area contributed by atoms with Crippen LogP contribution < -0.4 is 10.2 Å². The summed E-state index contributed by atoms with van der Waals surface area (Å²) in [6.45, 7) is 2.80. The van der Waals surface area contributed by atoms with Crippen molar-refractivity contribution in [2.75, 3.05) is 31.1 Å². The van der Waals surface area contributed by atoms with Crippen LogP contribution in [0.15, 0.2) is 12.4 Å². The summed E-state index contributed by atoms with van der Waals surface area (Å²) in [4.78, 5) is 35.2. The Morgan fingerprint density at radius 3 is 2.59 bits per heavy atom. The lowest BCUT2D eigenvalue weighted by molar-refractivity contribution is -0.118. The Hall–Kier alpha value is -2.18. The molecular weight excluding hydrogens is 282 g/mol. The molecule has 0 spiro atoms. The molecule has 7 nitrogen and oxygen atoms in total. The normalized spacial score (nSPS) is 19.3. The van der Waals surface area contributed by atoms with Gasteiger partial charge in [-0.25, -0.2) is 9.97 Å². The van der Waals surface area contributed by atoms with Crippen LogP contribution >= 0.6 is 0 Å². The number of rotatable bonds is 4. The van der Waals surface area contributed by atoms with Crippen molar-refractivity contribution < 1.29 is 9.59 Å². The lowest BCUT2D eigenvalue weighted by Crippen LogP contribution is -2.46. The number of amides is 2. The van der Waals surface area contributed by atoms with E-state index in [1.165, 1.54) is 19.2 Å². The highest BCUT2D eigenvalue weighted by Gasteiger charge is 2.21. The van der Waals surface area contributed by atoms with E-state index in [-0.39, 0.29) is 11.9 Å². The lowest BCUT2D eigenvalue weighted by atomic mass is 10.2. The number of nitrogens with one attached hydrogen (secondary N) is 1. The molecule has 2 heterocycles. The third kappa shape index (κ3) is 3.35. The molecule has 3 rings (SSSR count). The minimum Gasteiger partial charge on any atom is -0.353 e. The molecule has 1 aliphatic carbocycles. The van der Waals surface area contributed by atoms with E-state index >= 15 is 0 Å². The second-order valence-electron chi connectivity index (χ2n) is 5.84. The summed E-state index contributed by atoms with van der Waals surface area (Å²) in [6, 6.07) is 2.02. The quantitative estimate of drug-likeness (QED) is 0.816. The van der Waals surface area contributed by atoms with Gasteiger partial charge in [0.05, 0.1) is 0 Å². The van der Waals surface area contributed by atoms with E-state index in [1.807, 2.05) is 0 Å². The summed E-state index contributed by atoms with van der Waals surface area (Å²) in [7, 11) is 0. The average Bonchev–Trinajstić information content (AvgIpc) is 3.08. The third-order valence-corrected chi connectivity index (χ3v) is 4.36. The number of anilines is 1. The van der Waals surface area contributed by atoms with Crippen molar-refractivity contribution in [2.24, 2.45) is 0 Å². The van der Waals surface area contributed by atoms with E-state index in [0.717, 1.165) is 38.2 Å². The molecule has 1 N–H and O–H groups in total. The Labute approximate surface area is 129 Å². The first kappa shape index (κ1) is 14.7. The van der Waals surface area contributed by atoms with Crippen LogP contribution in [0, 0.1) is 0 Å². The summed E-state index contributed by atoms with van der Waals surface area (Å²) in [5.74, 6) is 0.624. The molecule has 0 unspecified atom stereocenters. The zero-order valence-electron chi connectivity index (χ0n) is 12.6. The van der Waals surface area contributed by atoms with Gasteiger partial charge < -0.3 is 15.1 Å². The summed E-state index contributed by atoms with van der Waals surface area (Å²) in [5, 5.41) is 3.04. The predicted molar refractivity (Wildman–Crippen MR) is 81.6 cm³/mol. The van der Waals surface area contributed by atoms with Crippen LogP contribution in [0.4, 0.5) is 5.82 Å². The van der Waals surface area contributed by atoms with Gasteiger partial charge in [-0.3, -0.25) is 9.59 Å². The molecule has 1 saturated carbocycles. The highest BCUT2D eigenvalue weighted by atomic mass is 16.2. The molecule has 2 amide bonds. The van der Waals surface area contributed by atoms with Gasteiger partial charge in [-0.1, -0.05) is 12.8 Å². The van der Waals surface area contributed by atoms with Crippen LogP contribution in [0.2, 0.25) is 0 Å². The molecule has 0 atom stereocenters. The van der Waals surface area contributed by atoms with E-state index < -0.39 is 0 Å². The summed E-state index contributed by atoms with van der Waals surface area (Å²) in [5.41, 5.74) is 0.412. The highest BCUT2D eigenvalue weighted by Crippen LogP contribution is 2.18. The van der Waals surface area contributed by atoms with Crippen LogP contribution in [0.5, 0.6) is 0 Å². The minimum atomic E-state index is -0.123. The number of piperazine rings is 1. The van der Waals surface area contributed by atoms with E-state index in [0.29, 0.717) is 18.8 Å². The SMILES string of the molecule is O=CN1CCN(c2cc(C(=O)NC3CCCC3)ncn2)CC1. The van der Waals surface area contributed by atoms with Crippen molar-refractivity contribution in [3.8, 4) is 0 Å². The van der Waals surface area contributed by atoms with E-state index in [1.54, 1.807) is 11.0 Å². The van der Waals surface area contributed by atoms with Gasteiger partial charge in [-0.15, -0.1) is 0 Å². The van der Waals surface area contributed by atoms with Gasteiger partial charge in [0.1, 0.15) is 17.8 Å². The van der Waals surface area contributed by atoms with Crippen LogP contribution in [0.1, 0.15) is 36.2 Å². The standard InChI is InChI=1S/C15H21N5O2/c21-11-19-5-7-20(8-6-19)14-9-13(16-10-17-14)15(22)18-12-3-1-2-4-12/h9-12H,1-8H2,(H,18,22). The van der Waals surface area contributed by atoms with Gasteiger partial charge >= 0.3 is 0 Å². The molecule has 0 bridgehead atoms. The highest BCUT2D eigenvalue weighted by molar-refractivity contribution is 5.93. The van der Waals surface area contributed by atoms with E-state index in [2.05, 4.69) is 20.2 Å². The molecule has 1 aromatic heterocycles. The molecule has 2 fully saturated rings. The predicted octanol–water partition coefficient (Wildman–Crippen LogP) is 0.427. The first-order valence-corrected chi connectivity index (χ1v) is 7.83. The molecule has 1 aromatic rings. The number of carbonyl (C=O) groups excluding carboxylic acids is 2. The fourth-order valence-electron chi connectivity index (χ4n) is 3.03. The van der Waals surface area contributed by atoms with Gasteiger partial charge in [-0.05, 0) is 12.8 Å². The molecule has 7 heteroatoms. The molecule has 118 valence electrons. The van der Waals surface area contributed by atoms with Gasteiger partial charge in [0.15, 0.2) is 0 Å². The first-order valence-electron chi connectivity index (χ1n) is 7.83. The first-order chi connectivity index (χ1) is 10.8. The fourth-order valence-corrected chi connectivity index (χ4v) is 3.03. The number of aromatic nitrogens is 2. The number of hydrogen-bond donors (Lipinski definition) is 1. The maximum atomic E-state index is 12.3. The molecule has 2 aliphatic rings. The average molecular weight is 303 g/mol. The van der Waals surface area contributed by atoms with Gasteiger partial charge in [0, 0.05) is 38.3 Å². The number of hydrogen-bond acceptors (Lipinski definition) is 5. The van der Waals surface area contributed by atoms with E-state index in [4.69, 9.17) is 0 Å². The summed E-state index contributed by atoms with van der Waals surface area (Å²) in [6.07, 6.45) is 6.78. The fraction of sp³-hybridized carbons (Fsp3) is 0.600.